The van der Waals surface area contributed by atoms with E-state index in [0.717, 1.165) is 12.8 Å². The molecule has 1 aliphatic carbocycles. The summed E-state index contributed by atoms with van der Waals surface area (Å²) < 4.78 is 0.688. The quantitative estimate of drug-likeness (QED) is 0.678. The Morgan fingerprint density at radius 1 is 1.30 bits per heavy atom. The summed E-state index contributed by atoms with van der Waals surface area (Å²) in [5.41, 5.74) is 0.970. The Hall–Kier alpha value is -2.81. The first kappa shape index (κ1) is 13.8. The van der Waals surface area contributed by atoms with Gasteiger partial charge in [0.15, 0.2) is 16.6 Å². The molecule has 23 heavy (non-hydrogen) atoms. The Balaban J connectivity index is 1.54. The van der Waals surface area contributed by atoms with Crippen molar-refractivity contribution in [3.05, 3.63) is 30.1 Å². The van der Waals surface area contributed by atoms with E-state index in [4.69, 9.17) is 0 Å². The molecule has 3 aromatic heterocycles. The number of carbonyl (C=O) groups is 2. The van der Waals surface area contributed by atoms with E-state index in [1.54, 1.807) is 18.3 Å². The van der Waals surface area contributed by atoms with Gasteiger partial charge in [-0.15, -0.1) is 0 Å². The molecule has 0 saturated heterocycles. The van der Waals surface area contributed by atoms with Crippen molar-refractivity contribution in [3.63, 3.8) is 0 Å². The van der Waals surface area contributed by atoms with Crippen molar-refractivity contribution >= 4 is 44.4 Å². The molecule has 0 spiro atoms. The lowest BCUT2D eigenvalue weighted by molar-refractivity contribution is -0.117. The van der Waals surface area contributed by atoms with Crippen LogP contribution in [0.5, 0.6) is 0 Å². The van der Waals surface area contributed by atoms with E-state index in [-0.39, 0.29) is 17.7 Å². The first-order chi connectivity index (χ1) is 11.2. The zero-order valence-corrected chi connectivity index (χ0v) is 12.7. The first-order valence-corrected chi connectivity index (χ1v) is 7.89. The van der Waals surface area contributed by atoms with E-state index in [9.17, 15) is 9.59 Å². The summed E-state index contributed by atoms with van der Waals surface area (Å²) in [6, 6.07) is 3.35. The van der Waals surface area contributed by atoms with Crippen LogP contribution in [-0.2, 0) is 4.79 Å². The number of aromatic amines is 1. The van der Waals surface area contributed by atoms with Crippen molar-refractivity contribution in [2.24, 2.45) is 5.92 Å². The van der Waals surface area contributed by atoms with Gasteiger partial charge in [0.25, 0.3) is 5.91 Å². The van der Waals surface area contributed by atoms with E-state index >= 15 is 0 Å². The number of anilines is 2. The molecule has 9 heteroatoms. The molecule has 0 atom stereocenters. The molecule has 116 valence electrons. The summed E-state index contributed by atoms with van der Waals surface area (Å²) in [6.45, 7) is 0. The van der Waals surface area contributed by atoms with Crippen molar-refractivity contribution in [2.75, 3.05) is 10.6 Å². The standard InChI is InChI=1S/C14H12N6O2S/c21-12(7-3-4-7)18-14-17-11-9(23-14)10(19-20-11)16-13(22)8-2-1-5-15-6-8/h1-2,5-7H,3-4H2,(H3,16,17,18,19,20,21,22). The number of aromatic nitrogens is 4. The maximum absolute atomic E-state index is 12.1. The van der Waals surface area contributed by atoms with Crippen molar-refractivity contribution in [2.45, 2.75) is 12.8 Å². The van der Waals surface area contributed by atoms with Gasteiger partial charge in [0.05, 0.1) is 5.56 Å². The van der Waals surface area contributed by atoms with Crippen LogP contribution in [0.25, 0.3) is 10.3 Å². The van der Waals surface area contributed by atoms with Gasteiger partial charge in [-0.05, 0) is 25.0 Å². The van der Waals surface area contributed by atoms with E-state index in [1.165, 1.54) is 17.5 Å². The second kappa shape index (κ2) is 5.43. The molecule has 0 bridgehead atoms. The predicted molar refractivity (Wildman–Crippen MR) is 85.3 cm³/mol. The van der Waals surface area contributed by atoms with E-state index in [2.05, 4.69) is 30.8 Å². The van der Waals surface area contributed by atoms with E-state index in [0.29, 0.717) is 26.9 Å². The molecule has 1 fully saturated rings. The van der Waals surface area contributed by atoms with Crippen LogP contribution in [0, 0.1) is 5.92 Å². The lowest BCUT2D eigenvalue weighted by Crippen LogP contribution is -2.13. The van der Waals surface area contributed by atoms with Gasteiger partial charge in [0.1, 0.15) is 4.70 Å². The Labute approximate surface area is 134 Å². The number of carbonyl (C=O) groups excluding carboxylic acids is 2. The number of thiazole rings is 1. The number of nitrogens with one attached hydrogen (secondary N) is 3. The normalized spacial score (nSPS) is 13.9. The van der Waals surface area contributed by atoms with Gasteiger partial charge in [-0.25, -0.2) is 4.98 Å². The second-order valence-corrected chi connectivity index (χ2v) is 6.23. The zero-order chi connectivity index (χ0) is 15.8. The third-order valence-corrected chi connectivity index (χ3v) is 4.43. The highest BCUT2D eigenvalue weighted by atomic mass is 32.1. The van der Waals surface area contributed by atoms with Gasteiger partial charge >= 0.3 is 0 Å². The van der Waals surface area contributed by atoms with Crippen LogP contribution in [0.4, 0.5) is 10.9 Å². The van der Waals surface area contributed by atoms with E-state index in [1.807, 2.05) is 0 Å². The smallest absolute Gasteiger partial charge is 0.258 e. The van der Waals surface area contributed by atoms with Gasteiger partial charge < -0.3 is 10.6 Å². The largest absolute Gasteiger partial charge is 0.304 e. The molecule has 3 N–H and O–H groups in total. The van der Waals surface area contributed by atoms with Gasteiger partial charge in [-0.1, -0.05) is 11.3 Å². The van der Waals surface area contributed by atoms with Crippen molar-refractivity contribution in [3.8, 4) is 0 Å². The molecule has 2 amide bonds. The number of fused-ring (bicyclic) bond motifs is 1. The predicted octanol–water partition coefficient (Wildman–Crippen LogP) is 2.02. The van der Waals surface area contributed by atoms with Crippen molar-refractivity contribution in [1.29, 1.82) is 0 Å². The molecule has 0 aromatic carbocycles. The number of pyridine rings is 1. The first-order valence-electron chi connectivity index (χ1n) is 7.08. The van der Waals surface area contributed by atoms with Crippen molar-refractivity contribution < 1.29 is 9.59 Å². The maximum atomic E-state index is 12.1. The fraction of sp³-hybridized carbons (Fsp3) is 0.214. The second-order valence-electron chi connectivity index (χ2n) is 5.23. The highest BCUT2D eigenvalue weighted by Gasteiger charge is 2.30. The Bertz CT molecular complexity index is 883. The monoisotopic (exact) mass is 328 g/mol. The Kier molecular flexibility index (Phi) is 3.27. The fourth-order valence-corrected chi connectivity index (χ4v) is 2.95. The van der Waals surface area contributed by atoms with Crippen LogP contribution in [0.2, 0.25) is 0 Å². The summed E-state index contributed by atoms with van der Waals surface area (Å²) in [5.74, 6) is 0.192. The van der Waals surface area contributed by atoms with Crippen LogP contribution in [0.15, 0.2) is 24.5 Å². The molecule has 4 rings (SSSR count). The van der Waals surface area contributed by atoms with Crippen LogP contribution >= 0.6 is 11.3 Å². The van der Waals surface area contributed by atoms with Crippen LogP contribution in [0.3, 0.4) is 0 Å². The molecule has 0 unspecified atom stereocenters. The maximum Gasteiger partial charge on any atom is 0.258 e. The third-order valence-electron chi connectivity index (χ3n) is 3.45. The van der Waals surface area contributed by atoms with Gasteiger partial charge in [0.2, 0.25) is 5.91 Å². The van der Waals surface area contributed by atoms with Crippen LogP contribution < -0.4 is 10.6 Å². The summed E-state index contributed by atoms with van der Waals surface area (Å²) in [4.78, 5) is 32.1. The van der Waals surface area contributed by atoms with Gasteiger partial charge in [0, 0.05) is 18.3 Å². The number of hydrogen-bond donors (Lipinski definition) is 3. The van der Waals surface area contributed by atoms with Crippen LogP contribution in [0.1, 0.15) is 23.2 Å². The molecule has 8 nitrogen and oxygen atoms in total. The lowest BCUT2D eigenvalue weighted by atomic mass is 10.3. The minimum atomic E-state index is -0.302. The minimum absolute atomic E-state index is 0.00434. The van der Waals surface area contributed by atoms with Gasteiger partial charge in [-0.2, -0.15) is 5.10 Å². The molecule has 3 aromatic rings. The average molecular weight is 328 g/mol. The Morgan fingerprint density at radius 3 is 2.91 bits per heavy atom. The highest BCUT2D eigenvalue weighted by Crippen LogP contribution is 2.33. The summed E-state index contributed by atoms with van der Waals surface area (Å²) in [5, 5.41) is 12.8. The molecule has 3 heterocycles. The summed E-state index contributed by atoms with van der Waals surface area (Å²) in [7, 11) is 0. The SMILES string of the molecule is O=C(Nc1n[nH]c2nc(NC(=O)C3CC3)sc12)c1cccnc1. The van der Waals surface area contributed by atoms with Crippen LogP contribution in [-0.4, -0.2) is 32.0 Å². The van der Waals surface area contributed by atoms with Crippen molar-refractivity contribution in [1.82, 2.24) is 20.2 Å². The number of H-pyrrole nitrogens is 1. The number of amides is 2. The third kappa shape index (κ3) is 2.78. The number of nitrogens with zero attached hydrogens (tertiary/aromatic N) is 3. The number of hydrogen-bond acceptors (Lipinski definition) is 6. The molecule has 0 radical (unpaired) electrons. The molecule has 0 aliphatic heterocycles. The summed E-state index contributed by atoms with van der Waals surface area (Å²) >= 11 is 1.27. The topological polar surface area (TPSA) is 113 Å². The van der Waals surface area contributed by atoms with E-state index < -0.39 is 0 Å². The van der Waals surface area contributed by atoms with Gasteiger partial charge in [-0.3, -0.25) is 19.7 Å². The molecule has 1 aliphatic rings. The fourth-order valence-electron chi connectivity index (χ4n) is 2.08. The highest BCUT2D eigenvalue weighted by molar-refractivity contribution is 7.22. The zero-order valence-electron chi connectivity index (χ0n) is 11.9. The average Bonchev–Trinajstić information content (AvgIpc) is 3.25. The molecule has 1 saturated carbocycles. The Morgan fingerprint density at radius 2 is 2.17 bits per heavy atom. The lowest BCUT2D eigenvalue weighted by Gasteiger charge is -2.01. The number of rotatable bonds is 4. The molecular formula is C14H12N6O2S. The minimum Gasteiger partial charge on any atom is -0.304 e. The summed E-state index contributed by atoms with van der Waals surface area (Å²) in [6.07, 6.45) is 4.95. The molecular weight excluding hydrogens is 316 g/mol.